The van der Waals surface area contributed by atoms with Crippen molar-refractivity contribution in [3.63, 3.8) is 0 Å². The van der Waals surface area contributed by atoms with Crippen LogP contribution in [0.4, 0.5) is 5.00 Å². The Morgan fingerprint density at radius 1 is 1.26 bits per heavy atom. The highest BCUT2D eigenvalue weighted by Gasteiger charge is 2.24. The maximum Gasteiger partial charge on any atom is 0.238 e. The number of anilines is 1. The summed E-state index contributed by atoms with van der Waals surface area (Å²) >= 11 is 2.85. The number of pyridine rings is 1. The summed E-state index contributed by atoms with van der Waals surface area (Å²) in [5, 5.41) is 23.3. The van der Waals surface area contributed by atoms with Crippen LogP contribution in [0.1, 0.15) is 40.5 Å². The molecule has 6 nitrogen and oxygen atoms in total. The molecule has 0 aliphatic rings. The molecule has 3 heterocycles. The van der Waals surface area contributed by atoms with Crippen molar-refractivity contribution in [2.24, 2.45) is 0 Å². The molecule has 0 fully saturated rings. The number of nitriles is 1. The SMILES string of the molecule is CCC(Sc1nnc2cc(C)c3cccc(C)c3n12)C(=O)Nc1sc(C)c(C)c1C#N. The lowest BCUT2D eigenvalue weighted by atomic mass is 10.1. The number of hydrogen-bond acceptors (Lipinski definition) is 6. The number of nitrogens with zero attached hydrogens (tertiary/aromatic N) is 4. The van der Waals surface area contributed by atoms with Gasteiger partial charge in [0.15, 0.2) is 10.8 Å². The fourth-order valence-electron chi connectivity index (χ4n) is 3.70. The van der Waals surface area contributed by atoms with Gasteiger partial charge in [0.1, 0.15) is 11.1 Å². The molecule has 0 saturated heterocycles. The van der Waals surface area contributed by atoms with E-state index in [9.17, 15) is 10.1 Å². The van der Waals surface area contributed by atoms with Gasteiger partial charge in [0.25, 0.3) is 0 Å². The van der Waals surface area contributed by atoms with E-state index in [4.69, 9.17) is 0 Å². The second-order valence-electron chi connectivity index (χ2n) is 7.58. The minimum atomic E-state index is -0.359. The third-order valence-corrected chi connectivity index (χ3v) is 7.96. The summed E-state index contributed by atoms with van der Waals surface area (Å²) in [5.41, 5.74) is 5.58. The van der Waals surface area contributed by atoms with E-state index >= 15 is 0 Å². The van der Waals surface area contributed by atoms with Gasteiger partial charge in [-0.25, -0.2) is 0 Å². The lowest BCUT2D eigenvalue weighted by molar-refractivity contribution is -0.115. The van der Waals surface area contributed by atoms with Crippen LogP contribution >= 0.6 is 23.1 Å². The number of amides is 1. The fourth-order valence-corrected chi connectivity index (χ4v) is 5.68. The van der Waals surface area contributed by atoms with Crippen LogP contribution in [0.3, 0.4) is 0 Å². The number of carbonyl (C=O) groups is 1. The molecule has 0 aliphatic heterocycles. The van der Waals surface area contributed by atoms with E-state index in [0.29, 0.717) is 22.1 Å². The van der Waals surface area contributed by atoms with Crippen LogP contribution in [0.2, 0.25) is 0 Å². The lowest BCUT2D eigenvalue weighted by Gasteiger charge is -2.14. The predicted octanol–water partition coefficient (Wildman–Crippen LogP) is 5.56. The van der Waals surface area contributed by atoms with E-state index in [2.05, 4.69) is 47.6 Å². The highest BCUT2D eigenvalue weighted by molar-refractivity contribution is 8.00. The molecular formula is C23H23N5OS2. The molecule has 1 N–H and O–H groups in total. The minimum Gasteiger partial charge on any atom is -0.316 e. The minimum absolute atomic E-state index is 0.130. The summed E-state index contributed by atoms with van der Waals surface area (Å²) < 4.78 is 2.04. The maximum atomic E-state index is 13.1. The fraction of sp³-hybridized carbons (Fsp3) is 0.304. The van der Waals surface area contributed by atoms with Gasteiger partial charge in [-0.15, -0.1) is 21.5 Å². The number of aryl methyl sites for hydroxylation is 3. The van der Waals surface area contributed by atoms with Crippen LogP contribution in [0.25, 0.3) is 16.6 Å². The normalized spacial score (nSPS) is 12.3. The average molecular weight is 450 g/mol. The number of aromatic nitrogens is 3. The van der Waals surface area contributed by atoms with Crippen LogP contribution in [-0.2, 0) is 4.79 Å². The molecule has 0 spiro atoms. The number of carbonyl (C=O) groups excluding carboxylic acids is 1. The third-order valence-electron chi connectivity index (χ3n) is 5.53. The summed E-state index contributed by atoms with van der Waals surface area (Å²) in [5.74, 6) is -0.130. The maximum absolute atomic E-state index is 13.1. The Morgan fingerprint density at radius 3 is 2.74 bits per heavy atom. The summed E-state index contributed by atoms with van der Waals surface area (Å²) in [6, 6.07) is 10.5. The highest BCUT2D eigenvalue weighted by Crippen LogP contribution is 2.34. The Kier molecular flexibility index (Phi) is 5.73. The van der Waals surface area contributed by atoms with Gasteiger partial charge in [-0.3, -0.25) is 9.20 Å². The van der Waals surface area contributed by atoms with Crippen molar-refractivity contribution < 1.29 is 4.79 Å². The van der Waals surface area contributed by atoms with Gasteiger partial charge in [-0.05, 0) is 56.9 Å². The molecule has 1 unspecified atom stereocenters. The smallest absolute Gasteiger partial charge is 0.238 e. The van der Waals surface area contributed by atoms with Gasteiger partial charge in [-0.1, -0.05) is 36.9 Å². The average Bonchev–Trinajstić information content (AvgIpc) is 3.26. The molecule has 158 valence electrons. The molecule has 0 saturated carbocycles. The van der Waals surface area contributed by atoms with Crippen LogP contribution < -0.4 is 5.32 Å². The lowest BCUT2D eigenvalue weighted by Crippen LogP contribution is -2.24. The molecule has 1 atom stereocenters. The number of nitrogens with one attached hydrogen (secondary N) is 1. The molecular weight excluding hydrogens is 426 g/mol. The van der Waals surface area contributed by atoms with Crippen molar-refractivity contribution in [3.05, 3.63) is 51.4 Å². The second kappa shape index (κ2) is 8.33. The van der Waals surface area contributed by atoms with Crippen LogP contribution in [-0.4, -0.2) is 25.8 Å². The number of benzene rings is 1. The number of thiophene rings is 1. The highest BCUT2D eigenvalue weighted by atomic mass is 32.2. The van der Waals surface area contributed by atoms with E-state index < -0.39 is 0 Å². The van der Waals surface area contributed by atoms with Crippen molar-refractivity contribution in [2.45, 2.75) is 51.4 Å². The van der Waals surface area contributed by atoms with Crippen molar-refractivity contribution >= 4 is 50.6 Å². The third kappa shape index (κ3) is 3.68. The molecule has 31 heavy (non-hydrogen) atoms. The Morgan fingerprint density at radius 2 is 2.03 bits per heavy atom. The van der Waals surface area contributed by atoms with Gasteiger partial charge in [0.05, 0.1) is 16.3 Å². The van der Waals surface area contributed by atoms with Gasteiger partial charge >= 0.3 is 0 Å². The van der Waals surface area contributed by atoms with Crippen LogP contribution in [0.15, 0.2) is 29.4 Å². The van der Waals surface area contributed by atoms with E-state index in [1.807, 2.05) is 37.3 Å². The van der Waals surface area contributed by atoms with Crippen LogP contribution in [0.5, 0.6) is 0 Å². The number of hydrogen-bond donors (Lipinski definition) is 1. The largest absolute Gasteiger partial charge is 0.316 e. The first-order valence-corrected chi connectivity index (χ1v) is 11.8. The first-order valence-electron chi connectivity index (χ1n) is 10.1. The Bertz CT molecular complexity index is 1360. The van der Waals surface area contributed by atoms with Crippen molar-refractivity contribution in [1.82, 2.24) is 14.6 Å². The Balaban J connectivity index is 1.70. The number of para-hydroxylation sites is 1. The van der Waals surface area contributed by atoms with E-state index in [1.54, 1.807) is 0 Å². The molecule has 4 aromatic rings. The van der Waals surface area contributed by atoms with Gasteiger partial charge < -0.3 is 5.32 Å². The molecule has 0 radical (unpaired) electrons. The predicted molar refractivity (Wildman–Crippen MR) is 127 cm³/mol. The second-order valence-corrected chi connectivity index (χ2v) is 9.97. The zero-order valence-electron chi connectivity index (χ0n) is 18.1. The molecule has 8 heteroatoms. The van der Waals surface area contributed by atoms with Gasteiger partial charge in [0, 0.05) is 10.3 Å². The molecule has 4 rings (SSSR count). The molecule has 1 aromatic carbocycles. The van der Waals surface area contributed by atoms with E-state index in [-0.39, 0.29) is 11.2 Å². The Labute approximate surface area is 189 Å². The van der Waals surface area contributed by atoms with E-state index in [0.717, 1.165) is 38.1 Å². The number of thioether (sulfide) groups is 1. The van der Waals surface area contributed by atoms with Gasteiger partial charge in [-0.2, -0.15) is 5.26 Å². The van der Waals surface area contributed by atoms with Gasteiger partial charge in [0.2, 0.25) is 5.91 Å². The summed E-state index contributed by atoms with van der Waals surface area (Å²) in [7, 11) is 0. The first kappa shape index (κ1) is 21.3. The molecule has 0 bridgehead atoms. The van der Waals surface area contributed by atoms with Crippen molar-refractivity contribution in [3.8, 4) is 6.07 Å². The summed E-state index contributed by atoms with van der Waals surface area (Å²) in [6.45, 7) is 9.99. The summed E-state index contributed by atoms with van der Waals surface area (Å²) in [6.07, 6.45) is 0.624. The zero-order chi connectivity index (χ0) is 22.3. The standard InChI is InChI=1S/C23H23N5OS2/c1-6-18(21(29)25-22-17(11-24)14(4)15(5)30-22)31-23-27-26-19-10-13(3)16-9-7-8-12(2)20(16)28(19)23/h7-10,18H,6H2,1-5H3,(H,25,29). The topological polar surface area (TPSA) is 83.1 Å². The monoisotopic (exact) mass is 449 g/mol. The molecule has 0 aliphatic carbocycles. The quantitative estimate of drug-likeness (QED) is 0.403. The van der Waals surface area contributed by atoms with Crippen molar-refractivity contribution in [1.29, 1.82) is 5.26 Å². The molecule has 3 aromatic heterocycles. The number of rotatable bonds is 5. The van der Waals surface area contributed by atoms with Crippen LogP contribution in [0, 0.1) is 39.0 Å². The number of fused-ring (bicyclic) bond motifs is 3. The molecule has 1 amide bonds. The summed E-state index contributed by atoms with van der Waals surface area (Å²) in [4.78, 5) is 14.1. The van der Waals surface area contributed by atoms with E-state index in [1.165, 1.54) is 23.1 Å². The zero-order valence-corrected chi connectivity index (χ0v) is 19.7. The first-order chi connectivity index (χ1) is 14.8. The Hall–Kier alpha value is -2.89. The van der Waals surface area contributed by atoms with Crippen molar-refractivity contribution in [2.75, 3.05) is 5.32 Å².